The average molecular weight is 475 g/mol. The topological polar surface area (TPSA) is 68.7 Å². The van der Waals surface area contributed by atoms with E-state index in [1.165, 1.54) is 19.2 Å². The molecule has 0 aliphatic carbocycles. The number of anilines is 2. The summed E-state index contributed by atoms with van der Waals surface area (Å²) in [6, 6.07) is 9.87. The number of hydrogen-bond acceptors (Lipinski definition) is 7. The second kappa shape index (κ2) is 9.27. The first kappa shape index (κ1) is 21.5. The number of benzene rings is 2. The van der Waals surface area contributed by atoms with Gasteiger partial charge in [0.25, 0.3) is 0 Å². The second-order valence-electron chi connectivity index (χ2n) is 8.03. The first-order chi connectivity index (χ1) is 15.6. The van der Waals surface area contributed by atoms with Crippen molar-refractivity contribution in [3.8, 4) is 11.5 Å². The number of nitrogens with zero attached hydrogens (tertiary/aromatic N) is 3. The molecule has 2 saturated heterocycles. The van der Waals surface area contributed by atoms with Gasteiger partial charge < -0.3 is 19.5 Å². The number of ether oxygens (including phenoxy) is 3. The van der Waals surface area contributed by atoms with Crippen LogP contribution >= 0.6 is 23.2 Å². The molecule has 0 radical (unpaired) electrons. The maximum absolute atomic E-state index is 6.21. The molecule has 2 atom stereocenters. The number of aromatic nitrogens is 2. The Hall–Kier alpha value is -2.32. The standard InChI is InChI=1S/C23H24Cl2N4O3/c1-30-21-8-17-20(26-13-27-23(17)28-14-4-5-18(24)19(25)7-14)9-22(21)32-12-16-11-31-10-15-3-2-6-29(15)16/h4-5,7-9,13,15-16H,2-3,6,10-12H2,1H3,(H,26,27,28). The van der Waals surface area contributed by atoms with Crippen molar-refractivity contribution in [2.75, 3.05) is 38.8 Å². The Morgan fingerprint density at radius 1 is 1.12 bits per heavy atom. The lowest BCUT2D eigenvalue weighted by atomic mass is 10.1. The van der Waals surface area contributed by atoms with Crippen LogP contribution in [0.4, 0.5) is 11.5 Å². The highest BCUT2D eigenvalue weighted by Crippen LogP contribution is 2.36. The highest BCUT2D eigenvalue weighted by molar-refractivity contribution is 6.42. The van der Waals surface area contributed by atoms with Crippen molar-refractivity contribution in [3.63, 3.8) is 0 Å². The Bertz CT molecular complexity index is 1130. The van der Waals surface area contributed by atoms with Crippen LogP contribution in [0.3, 0.4) is 0 Å². The number of methoxy groups -OCH3 is 1. The van der Waals surface area contributed by atoms with E-state index in [4.69, 9.17) is 37.4 Å². The fraction of sp³-hybridized carbons (Fsp3) is 0.391. The van der Waals surface area contributed by atoms with Crippen molar-refractivity contribution in [3.05, 3.63) is 46.7 Å². The first-order valence-electron chi connectivity index (χ1n) is 10.6. The summed E-state index contributed by atoms with van der Waals surface area (Å²) in [7, 11) is 1.63. The van der Waals surface area contributed by atoms with Gasteiger partial charge in [-0.3, -0.25) is 4.90 Å². The van der Waals surface area contributed by atoms with E-state index in [0.717, 1.165) is 29.7 Å². The van der Waals surface area contributed by atoms with Crippen molar-refractivity contribution < 1.29 is 14.2 Å². The monoisotopic (exact) mass is 474 g/mol. The summed E-state index contributed by atoms with van der Waals surface area (Å²) in [4.78, 5) is 11.3. The molecule has 2 fully saturated rings. The number of rotatable bonds is 6. The van der Waals surface area contributed by atoms with E-state index in [1.807, 2.05) is 18.2 Å². The summed E-state index contributed by atoms with van der Waals surface area (Å²) in [6.07, 6.45) is 3.93. The lowest BCUT2D eigenvalue weighted by Gasteiger charge is -2.37. The summed E-state index contributed by atoms with van der Waals surface area (Å²) in [6.45, 7) is 3.15. The zero-order chi connectivity index (χ0) is 22.1. The second-order valence-corrected chi connectivity index (χ2v) is 8.85. The molecule has 1 N–H and O–H groups in total. The quantitative estimate of drug-likeness (QED) is 0.542. The molecule has 5 rings (SSSR count). The van der Waals surface area contributed by atoms with Gasteiger partial charge in [0, 0.05) is 23.2 Å². The Morgan fingerprint density at radius 3 is 2.88 bits per heavy atom. The number of halogens is 2. The van der Waals surface area contributed by atoms with Crippen LogP contribution in [0.25, 0.3) is 10.9 Å². The third kappa shape index (κ3) is 4.30. The molecule has 3 heterocycles. The normalized spacial score (nSPS) is 20.8. The lowest BCUT2D eigenvalue weighted by molar-refractivity contribution is -0.0438. The first-order valence-corrected chi connectivity index (χ1v) is 11.4. The molecular formula is C23H24Cl2N4O3. The van der Waals surface area contributed by atoms with Gasteiger partial charge in [0.05, 0.1) is 41.9 Å². The molecule has 0 amide bonds. The Labute approximate surface area is 196 Å². The predicted octanol–water partition coefficient (Wildman–Crippen LogP) is 4.93. The van der Waals surface area contributed by atoms with Crippen molar-refractivity contribution in [1.29, 1.82) is 0 Å². The smallest absolute Gasteiger partial charge is 0.163 e. The molecule has 168 valence electrons. The van der Waals surface area contributed by atoms with Gasteiger partial charge in [0.2, 0.25) is 0 Å². The highest BCUT2D eigenvalue weighted by Gasteiger charge is 2.35. The minimum Gasteiger partial charge on any atom is -0.493 e. The SMILES string of the molecule is COc1cc2c(Nc3ccc(Cl)c(Cl)c3)ncnc2cc1OCC1COCC2CCCN21. The molecule has 0 bridgehead atoms. The zero-order valence-corrected chi connectivity index (χ0v) is 19.2. The van der Waals surface area contributed by atoms with E-state index in [0.29, 0.717) is 46.6 Å². The van der Waals surface area contributed by atoms with E-state index < -0.39 is 0 Å². The van der Waals surface area contributed by atoms with E-state index >= 15 is 0 Å². The highest BCUT2D eigenvalue weighted by atomic mass is 35.5. The maximum Gasteiger partial charge on any atom is 0.163 e. The third-order valence-corrected chi connectivity index (χ3v) is 6.79. The summed E-state index contributed by atoms with van der Waals surface area (Å²) in [5.74, 6) is 1.92. The van der Waals surface area contributed by atoms with Gasteiger partial charge in [-0.2, -0.15) is 0 Å². The Kier molecular flexibility index (Phi) is 6.24. The minimum absolute atomic E-state index is 0.244. The molecule has 7 nitrogen and oxygen atoms in total. The molecule has 0 spiro atoms. The predicted molar refractivity (Wildman–Crippen MR) is 126 cm³/mol. The van der Waals surface area contributed by atoms with Gasteiger partial charge in [-0.05, 0) is 43.7 Å². The van der Waals surface area contributed by atoms with E-state index in [2.05, 4.69) is 20.2 Å². The van der Waals surface area contributed by atoms with Gasteiger partial charge in [-0.25, -0.2) is 9.97 Å². The van der Waals surface area contributed by atoms with Crippen LogP contribution < -0.4 is 14.8 Å². The molecule has 32 heavy (non-hydrogen) atoms. The summed E-state index contributed by atoms with van der Waals surface area (Å²) in [5.41, 5.74) is 1.52. The number of fused-ring (bicyclic) bond motifs is 2. The van der Waals surface area contributed by atoms with Crippen molar-refractivity contribution in [2.45, 2.75) is 24.9 Å². The number of nitrogens with one attached hydrogen (secondary N) is 1. The summed E-state index contributed by atoms with van der Waals surface area (Å²) in [5, 5.41) is 5.05. The molecule has 2 aliphatic rings. The van der Waals surface area contributed by atoms with Crippen LogP contribution in [0.2, 0.25) is 10.0 Å². The van der Waals surface area contributed by atoms with Gasteiger partial charge in [-0.15, -0.1) is 0 Å². The van der Waals surface area contributed by atoms with E-state index in [9.17, 15) is 0 Å². The molecule has 3 aromatic rings. The van der Waals surface area contributed by atoms with Crippen molar-refractivity contribution in [2.24, 2.45) is 0 Å². The van der Waals surface area contributed by atoms with Crippen molar-refractivity contribution in [1.82, 2.24) is 14.9 Å². The van der Waals surface area contributed by atoms with Gasteiger partial charge >= 0.3 is 0 Å². The third-order valence-electron chi connectivity index (χ3n) is 6.05. The fourth-order valence-corrected chi connectivity index (χ4v) is 4.73. The molecule has 9 heteroatoms. The zero-order valence-electron chi connectivity index (χ0n) is 17.7. The Morgan fingerprint density at radius 2 is 2.03 bits per heavy atom. The van der Waals surface area contributed by atoms with E-state index in [1.54, 1.807) is 19.2 Å². The maximum atomic E-state index is 6.21. The van der Waals surface area contributed by atoms with Crippen LogP contribution in [0.1, 0.15) is 12.8 Å². The van der Waals surface area contributed by atoms with Gasteiger partial charge in [-0.1, -0.05) is 23.2 Å². The van der Waals surface area contributed by atoms with Crippen LogP contribution in [0.5, 0.6) is 11.5 Å². The van der Waals surface area contributed by atoms with Crippen LogP contribution in [-0.2, 0) is 4.74 Å². The number of hydrogen-bond donors (Lipinski definition) is 1. The molecule has 1 aromatic heterocycles. The molecule has 2 aliphatic heterocycles. The fourth-order valence-electron chi connectivity index (χ4n) is 4.43. The molecule has 2 aromatic carbocycles. The van der Waals surface area contributed by atoms with Crippen molar-refractivity contribution >= 4 is 45.6 Å². The van der Waals surface area contributed by atoms with Crippen LogP contribution in [0.15, 0.2) is 36.7 Å². The largest absolute Gasteiger partial charge is 0.493 e. The molecular weight excluding hydrogens is 451 g/mol. The average Bonchev–Trinajstić information content (AvgIpc) is 3.29. The summed E-state index contributed by atoms with van der Waals surface area (Å²) >= 11 is 12.2. The van der Waals surface area contributed by atoms with Crippen LogP contribution in [-0.4, -0.2) is 60.4 Å². The Balaban J connectivity index is 1.39. The summed E-state index contributed by atoms with van der Waals surface area (Å²) < 4.78 is 17.6. The minimum atomic E-state index is 0.244. The van der Waals surface area contributed by atoms with Crippen LogP contribution in [0, 0.1) is 0 Å². The number of morpholine rings is 1. The van der Waals surface area contributed by atoms with E-state index in [-0.39, 0.29) is 6.04 Å². The van der Waals surface area contributed by atoms with Gasteiger partial charge in [0.1, 0.15) is 18.8 Å². The lowest BCUT2D eigenvalue weighted by Crippen LogP contribution is -2.51. The van der Waals surface area contributed by atoms with Gasteiger partial charge in [0.15, 0.2) is 11.5 Å². The molecule has 0 saturated carbocycles. The molecule has 2 unspecified atom stereocenters.